The number of aromatic nitrogens is 1. The Kier molecular flexibility index (Phi) is 9.62. The fraction of sp³-hybridized carbons (Fsp3) is 0.429. The van der Waals surface area contributed by atoms with Crippen LogP contribution in [0.5, 0.6) is 0 Å². The van der Waals surface area contributed by atoms with Crippen LogP contribution < -0.4 is 10.6 Å². The van der Waals surface area contributed by atoms with Crippen molar-refractivity contribution >= 4 is 29.9 Å². The molecule has 0 unspecified atom stereocenters. The van der Waals surface area contributed by atoms with Gasteiger partial charge in [0, 0.05) is 43.9 Å². The molecule has 5 heteroatoms. The third-order valence-electron chi connectivity index (χ3n) is 4.46. The number of hydrogen-bond donors (Lipinski definition) is 2. The van der Waals surface area contributed by atoms with Crippen LogP contribution >= 0.6 is 24.0 Å². The van der Waals surface area contributed by atoms with Gasteiger partial charge in [-0.3, -0.25) is 9.98 Å². The highest BCUT2D eigenvalue weighted by Crippen LogP contribution is 2.22. The smallest absolute Gasteiger partial charge is 0.191 e. The number of pyridine rings is 1. The molecule has 0 atom stereocenters. The van der Waals surface area contributed by atoms with E-state index in [2.05, 4.69) is 65.6 Å². The summed E-state index contributed by atoms with van der Waals surface area (Å²) < 4.78 is 0. The van der Waals surface area contributed by atoms with Gasteiger partial charge in [-0.2, -0.15) is 0 Å². The Bertz CT molecular complexity index is 666. The molecule has 0 aliphatic rings. The molecule has 0 saturated heterocycles. The zero-order valence-corrected chi connectivity index (χ0v) is 18.6. The number of hydrogen-bond acceptors (Lipinski definition) is 2. The van der Waals surface area contributed by atoms with E-state index in [9.17, 15) is 0 Å². The fourth-order valence-corrected chi connectivity index (χ4v) is 2.67. The molecule has 0 aliphatic heterocycles. The molecular formula is C21H31IN4. The van der Waals surface area contributed by atoms with Gasteiger partial charge in [-0.15, -0.1) is 24.0 Å². The van der Waals surface area contributed by atoms with Gasteiger partial charge in [-0.1, -0.05) is 51.1 Å². The van der Waals surface area contributed by atoms with Crippen molar-refractivity contribution < 1.29 is 0 Å². The van der Waals surface area contributed by atoms with E-state index in [4.69, 9.17) is 0 Å². The summed E-state index contributed by atoms with van der Waals surface area (Å²) in [7, 11) is 1.80. The maximum Gasteiger partial charge on any atom is 0.191 e. The molecule has 142 valence electrons. The Morgan fingerprint density at radius 1 is 1.08 bits per heavy atom. The predicted molar refractivity (Wildman–Crippen MR) is 122 cm³/mol. The molecule has 0 amide bonds. The Hall–Kier alpha value is -1.63. The molecule has 0 fully saturated rings. The van der Waals surface area contributed by atoms with Crippen LogP contribution in [0.25, 0.3) is 0 Å². The zero-order valence-electron chi connectivity index (χ0n) is 16.2. The third kappa shape index (κ3) is 6.94. The van der Waals surface area contributed by atoms with Crippen LogP contribution in [0.1, 0.15) is 37.6 Å². The number of halogens is 1. The normalized spacial score (nSPS) is 11.6. The molecule has 2 aromatic rings. The number of guanidine groups is 1. The van der Waals surface area contributed by atoms with Crippen molar-refractivity contribution in [2.45, 2.75) is 39.0 Å². The lowest BCUT2D eigenvalue weighted by Crippen LogP contribution is -2.44. The van der Waals surface area contributed by atoms with Gasteiger partial charge in [0.2, 0.25) is 0 Å². The summed E-state index contributed by atoms with van der Waals surface area (Å²) in [6, 6.07) is 14.9. The summed E-state index contributed by atoms with van der Waals surface area (Å²) in [5.74, 6) is 0.828. The van der Waals surface area contributed by atoms with E-state index >= 15 is 0 Å². The van der Waals surface area contributed by atoms with Crippen LogP contribution in [-0.2, 0) is 18.3 Å². The lowest BCUT2D eigenvalue weighted by atomic mass is 9.84. The molecule has 0 saturated carbocycles. The van der Waals surface area contributed by atoms with Gasteiger partial charge in [0.25, 0.3) is 0 Å². The SMILES string of the molecule is CCc1ccc(C(C)(C)CNC(=NC)NCCc2ccccn2)cc1.I. The first-order chi connectivity index (χ1) is 12.0. The van der Waals surface area contributed by atoms with Crippen molar-refractivity contribution in [1.82, 2.24) is 15.6 Å². The standard InChI is InChI=1S/C21H30N4.HI/c1-5-17-9-11-18(12-10-17)21(2,3)16-25-20(22-4)24-15-13-19-8-6-7-14-23-19;/h6-12,14H,5,13,15-16H2,1-4H3,(H2,22,24,25);1H. The first-order valence-corrected chi connectivity index (χ1v) is 8.99. The van der Waals surface area contributed by atoms with Crippen molar-refractivity contribution in [3.63, 3.8) is 0 Å². The largest absolute Gasteiger partial charge is 0.356 e. The fourth-order valence-electron chi connectivity index (χ4n) is 2.67. The van der Waals surface area contributed by atoms with E-state index in [1.807, 2.05) is 24.4 Å². The van der Waals surface area contributed by atoms with Gasteiger partial charge in [0.05, 0.1) is 0 Å². The predicted octanol–water partition coefficient (Wildman–Crippen LogP) is 3.95. The summed E-state index contributed by atoms with van der Waals surface area (Å²) >= 11 is 0. The van der Waals surface area contributed by atoms with Crippen LogP contribution in [0.3, 0.4) is 0 Å². The van der Waals surface area contributed by atoms with E-state index in [0.29, 0.717) is 0 Å². The molecule has 26 heavy (non-hydrogen) atoms. The lowest BCUT2D eigenvalue weighted by molar-refractivity contribution is 0.508. The molecule has 0 spiro atoms. The first-order valence-electron chi connectivity index (χ1n) is 8.99. The Morgan fingerprint density at radius 2 is 1.81 bits per heavy atom. The van der Waals surface area contributed by atoms with Gasteiger partial charge in [-0.05, 0) is 29.7 Å². The average Bonchev–Trinajstić information content (AvgIpc) is 2.65. The number of benzene rings is 1. The molecule has 4 nitrogen and oxygen atoms in total. The van der Waals surface area contributed by atoms with Crippen LogP contribution in [0.15, 0.2) is 53.7 Å². The summed E-state index contributed by atoms with van der Waals surface area (Å²) in [5.41, 5.74) is 3.83. The van der Waals surface area contributed by atoms with Gasteiger partial charge in [-0.25, -0.2) is 0 Å². The third-order valence-corrected chi connectivity index (χ3v) is 4.46. The Balaban J connectivity index is 0.00000338. The minimum atomic E-state index is 0. The van der Waals surface area contributed by atoms with Gasteiger partial charge in [0.15, 0.2) is 5.96 Å². The molecule has 1 aromatic heterocycles. The molecule has 0 bridgehead atoms. The second-order valence-corrected chi connectivity index (χ2v) is 6.86. The van der Waals surface area contributed by atoms with Crippen molar-refractivity contribution in [2.24, 2.45) is 4.99 Å². The van der Waals surface area contributed by atoms with Crippen molar-refractivity contribution in [2.75, 3.05) is 20.1 Å². The lowest BCUT2D eigenvalue weighted by Gasteiger charge is -2.27. The van der Waals surface area contributed by atoms with Gasteiger partial charge >= 0.3 is 0 Å². The van der Waals surface area contributed by atoms with E-state index < -0.39 is 0 Å². The molecule has 0 aliphatic carbocycles. The quantitative estimate of drug-likeness (QED) is 0.369. The van der Waals surface area contributed by atoms with Gasteiger partial charge < -0.3 is 10.6 Å². The van der Waals surface area contributed by atoms with Gasteiger partial charge in [0.1, 0.15) is 0 Å². The number of nitrogens with zero attached hydrogens (tertiary/aromatic N) is 2. The maximum atomic E-state index is 4.34. The molecule has 0 radical (unpaired) electrons. The van der Waals surface area contributed by atoms with Crippen LogP contribution in [0.2, 0.25) is 0 Å². The van der Waals surface area contributed by atoms with Crippen molar-refractivity contribution in [3.05, 3.63) is 65.5 Å². The molecule has 1 heterocycles. The summed E-state index contributed by atoms with van der Waals surface area (Å²) in [4.78, 5) is 8.66. The second-order valence-electron chi connectivity index (χ2n) is 6.86. The maximum absolute atomic E-state index is 4.34. The minimum absolute atomic E-state index is 0. The van der Waals surface area contributed by atoms with E-state index in [0.717, 1.165) is 37.6 Å². The molecular weight excluding hydrogens is 435 g/mol. The highest BCUT2D eigenvalue weighted by Gasteiger charge is 2.20. The van der Waals surface area contributed by atoms with E-state index in [1.165, 1.54) is 11.1 Å². The van der Waals surface area contributed by atoms with Crippen LogP contribution in [0, 0.1) is 0 Å². The topological polar surface area (TPSA) is 49.3 Å². The van der Waals surface area contributed by atoms with Crippen molar-refractivity contribution in [1.29, 1.82) is 0 Å². The van der Waals surface area contributed by atoms with E-state index in [-0.39, 0.29) is 29.4 Å². The molecule has 1 aromatic carbocycles. The summed E-state index contributed by atoms with van der Waals surface area (Å²) in [5, 5.41) is 6.80. The summed E-state index contributed by atoms with van der Waals surface area (Å²) in [6.07, 6.45) is 3.78. The number of aliphatic imine (C=N–C) groups is 1. The second kappa shape index (κ2) is 11.2. The van der Waals surface area contributed by atoms with E-state index in [1.54, 1.807) is 7.05 Å². The van der Waals surface area contributed by atoms with Crippen LogP contribution in [0.4, 0.5) is 0 Å². The first kappa shape index (κ1) is 22.4. The number of nitrogens with one attached hydrogen (secondary N) is 2. The highest BCUT2D eigenvalue weighted by atomic mass is 127. The number of rotatable bonds is 7. The van der Waals surface area contributed by atoms with Crippen molar-refractivity contribution in [3.8, 4) is 0 Å². The number of aryl methyl sites for hydroxylation is 1. The minimum Gasteiger partial charge on any atom is -0.356 e. The van der Waals surface area contributed by atoms with Crippen LogP contribution in [-0.4, -0.2) is 31.1 Å². The summed E-state index contributed by atoms with van der Waals surface area (Å²) in [6.45, 7) is 8.32. The average molecular weight is 466 g/mol. The monoisotopic (exact) mass is 466 g/mol. The zero-order chi connectivity index (χ0) is 18.1. The highest BCUT2D eigenvalue weighted by molar-refractivity contribution is 14.0. The molecule has 2 N–H and O–H groups in total. The Labute approximate surface area is 174 Å². The molecule has 2 rings (SSSR count). The Morgan fingerprint density at radius 3 is 2.38 bits per heavy atom.